The average Bonchev–Trinajstić information content (AvgIpc) is 2.35. The van der Waals surface area contributed by atoms with Gasteiger partial charge in [0.15, 0.2) is 0 Å². The number of rotatable bonds is 9. The Hall–Kier alpha value is -0.610. The largest absolute Gasteiger partial charge is 0.312 e. The maximum absolute atomic E-state index is 13.3. The van der Waals surface area contributed by atoms with Crippen LogP contribution in [0.15, 0.2) is 18.2 Å². The first-order chi connectivity index (χ1) is 8.75. The number of benzene rings is 1. The monoisotopic (exact) mass is 273 g/mol. The molecule has 0 bridgehead atoms. The minimum atomic E-state index is -0.470. The number of thioether (sulfide) groups is 1. The first-order valence-electron chi connectivity index (χ1n) is 6.38. The number of nitrogens with one attached hydrogen (secondary N) is 1. The summed E-state index contributed by atoms with van der Waals surface area (Å²) in [5, 5.41) is 3.09. The normalized spacial score (nSPS) is 10.8. The quantitative estimate of drug-likeness (QED) is 0.683. The van der Waals surface area contributed by atoms with Crippen LogP contribution in [0.4, 0.5) is 8.78 Å². The summed E-state index contributed by atoms with van der Waals surface area (Å²) in [5.41, 5.74) is 0.139. The van der Waals surface area contributed by atoms with Gasteiger partial charge in [0.1, 0.15) is 11.6 Å². The van der Waals surface area contributed by atoms with Crippen molar-refractivity contribution in [2.45, 2.75) is 32.2 Å². The van der Waals surface area contributed by atoms with E-state index in [-0.39, 0.29) is 12.1 Å². The van der Waals surface area contributed by atoms with Gasteiger partial charge in [-0.2, -0.15) is 11.8 Å². The van der Waals surface area contributed by atoms with Crippen LogP contribution in [0, 0.1) is 11.6 Å². The SMILES string of the molecule is CSCCCCCCNCc1c(F)cccc1F. The minimum Gasteiger partial charge on any atom is -0.312 e. The fourth-order valence-corrected chi connectivity index (χ4v) is 2.26. The molecular weight excluding hydrogens is 252 g/mol. The summed E-state index contributed by atoms with van der Waals surface area (Å²) >= 11 is 1.87. The van der Waals surface area contributed by atoms with Gasteiger partial charge in [-0.25, -0.2) is 8.78 Å². The summed E-state index contributed by atoms with van der Waals surface area (Å²) in [5.74, 6) is 0.276. The molecule has 0 saturated heterocycles. The standard InChI is InChI=1S/C14H21F2NS/c1-18-10-5-3-2-4-9-17-11-12-13(15)7-6-8-14(12)16/h6-8,17H,2-5,9-11H2,1H3. The van der Waals surface area contributed by atoms with Gasteiger partial charge in [0, 0.05) is 12.1 Å². The van der Waals surface area contributed by atoms with Gasteiger partial charge in [-0.05, 0) is 43.5 Å². The van der Waals surface area contributed by atoms with Gasteiger partial charge in [0.05, 0.1) is 0 Å². The zero-order valence-electron chi connectivity index (χ0n) is 10.8. The molecule has 18 heavy (non-hydrogen) atoms. The summed E-state index contributed by atoms with van der Waals surface area (Å²) < 4.78 is 26.6. The van der Waals surface area contributed by atoms with Crippen molar-refractivity contribution in [2.24, 2.45) is 0 Å². The summed E-state index contributed by atoms with van der Waals surface area (Å²) in [6.45, 7) is 1.08. The molecule has 1 rings (SSSR count). The topological polar surface area (TPSA) is 12.0 Å². The zero-order chi connectivity index (χ0) is 13.2. The number of halogens is 2. The molecule has 1 nitrogen and oxygen atoms in total. The predicted octanol–water partition coefficient (Wildman–Crippen LogP) is 3.98. The molecule has 0 aliphatic heterocycles. The highest BCUT2D eigenvalue weighted by atomic mass is 32.2. The molecule has 1 aromatic rings. The molecule has 1 N–H and O–H groups in total. The maximum Gasteiger partial charge on any atom is 0.130 e. The smallest absolute Gasteiger partial charge is 0.130 e. The van der Waals surface area contributed by atoms with Crippen LogP contribution in [-0.4, -0.2) is 18.6 Å². The highest BCUT2D eigenvalue weighted by molar-refractivity contribution is 7.98. The Labute approximate surface area is 112 Å². The van der Waals surface area contributed by atoms with Crippen LogP contribution in [0.5, 0.6) is 0 Å². The Morgan fingerprint density at radius 2 is 1.72 bits per heavy atom. The van der Waals surface area contributed by atoms with E-state index in [1.807, 2.05) is 11.8 Å². The van der Waals surface area contributed by atoms with E-state index in [1.165, 1.54) is 43.2 Å². The van der Waals surface area contributed by atoms with Crippen LogP contribution in [0.1, 0.15) is 31.2 Å². The van der Waals surface area contributed by atoms with Crippen LogP contribution in [0.3, 0.4) is 0 Å². The molecule has 4 heteroatoms. The van der Waals surface area contributed by atoms with Crippen molar-refractivity contribution >= 4 is 11.8 Å². The fourth-order valence-electron chi connectivity index (χ4n) is 1.76. The first kappa shape index (κ1) is 15.4. The lowest BCUT2D eigenvalue weighted by molar-refractivity contribution is 0.527. The minimum absolute atomic E-state index is 0.139. The molecule has 0 unspecified atom stereocenters. The zero-order valence-corrected chi connectivity index (χ0v) is 11.7. The van der Waals surface area contributed by atoms with Crippen LogP contribution in [0.25, 0.3) is 0 Å². The van der Waals surface area contributed by atoms with Crippen molar-refractivity contribution < 1.29 is 8.78 Å². The molecule has 0 saturated carbocycles. The lowest BCUT2D eigenvalue weighted by atomic mass is 10.2. The van der Waals surface area contributed by atoms with Crippen molar-refractivity contribution in [2.75, 3.05) is 18.6 Å². The van der Waals surface area contributed by atoms with Gasteiger partial charge < -0.3 is 5.32 Å². The Morgan fingerprint density at radius 3 is 2.39 bits per heavy atom. The average molecular weight is 273 g/mol. The molecule has 0 aliphatic carbocycles. The van der Waals surface area contributed by atoms with Crippen molar-refractivity contribution in [3.05, 3.63) is 35.4 Å². The van der Waals surface area contributed by atoms with E-state index in [0.717, 1.165) is 13.0 Å². The first-order valence-corrected chi connectivity index (χ1v) is 7.77. The van der Waals surface area contributed by atoms with Crippen LogP contribution in [0.2, 0.25) is 0 Å². The van der Waals surface area contributed by atoms with E-state index >= 15 is 0 Å². The fraction of sp³-hybridized carbons (Fsp3) is 0.571. The molecule has 0 fully saturated rings. The van der Waals surface area contributed by atoms with Crippen molar-refractivity contribution in [1.29, 1.82) is 0 Å². The molecule has 0 atom stereocenters. The number of hydrogen-bond donors (Lipinski definition) is 1. The molecule has 0 amide bonds. The second-order valence-corrected chi connectivity index (χ2v) is 5.27. The molecule has 0 aliphatic rings. The van der Waals surface area contributed by atoms with E-state index in [1.54, 1.807) is 0 Å². The van der Waals surface area contributed by atoms with Gasteiger partial charge in [0.2, 0.25) is 0 Å². The second kappa shape index (κ2) is 9.34. The molecule has 0 heterocycles. The third-order valence-corrected chi connectivity index (χ3v) is 3.51. The van der Waals surface area contributed by atoms with Gasteiger partial charge in [-0.1, -0.05) is 18.9 Å². The van der Waals surface area contributed by atoms with Crippen LogP contribution < -0.4 is 5.32 Å². The number of hydrogen-bond acceptors (Lipinski definition) is 2. The third-order valence-electron chi connectivity index (χ3n) is 2.82. The van der Waals surface area contributed by atoms with Crippen LogP contribution in [-0.2, 0) is 6.54 Å². The summed E-state index contributed by atoms with van der Waals surface area (Å²) in [6.07, 6.45) is 6.84. The van der Waals surface area contributed by atoms with E-state index in [4.69, 9.17) is 0 Å². The van der Waals surface area contributed by atoms with Gasteiger partial charge in [0.25, 0.3) is 0 Å². The van der Waals surface area contributed by atoms with E-state index < -0.39 is 11.6 Å². The Kier molecular flexibility index (Phi) is 8.01. The summed E-state index contributed by atoms with van der Waals surface area (Å²) in [7, 11) is 0. The third kappa shape index (κ3) is 5.83. The Balaban J connectivity index is 2.11. The summed E-state index contributed by atoms with van der Waals surface area (Å²) in [6, 6.07) is 3.98. The lowest BCUT2D eigenvalue weighted by Gasteiger charge is -2.07. The van der Waals surface area contributed by atoms with E-state index in [0.29, 0.717) is 0 Å². The lowest BCUT2D eigenvalue weighted by Crippen LogP contribution is -2.16. The Bertz CT molecular complexity index is 324. The van der Waals surface area contributed by atoms with Gasteiger partial charge in [-0.15, -0.1) is 0 Å². The predicted molar refractivity (Wildman–Crippen MR) is 74.9 cm³/mol. The molecule has 102 valence electrons. The van der Waals surface area contributed by atoms with Crippen molar-refractivity contribution in [3.8, 4) is 0 Å². The summed E-state index contributed by atoms with van der Waals surface area (Å²) in [4.78, 5) is 0. The molecule has 0 aromatic heterocycles. The number of unbranched alkanes of at least 4 members (excludes halogenated alkanes) is 3. The van der Waals surface area contributed by atoms with Crippen LogP contribution >= 0.6 is 11.8 Å². The van der Waals surface area contributed by atoms with E-state index in [9.17, 15) is 8.78 Å². The van der Waals surface area contributed by atoms with Gasteiger partial charge >= 0.3 is 0 Å². The molecule has 0 radical (unpaired) electrons. The van der Waals surface area contributed by atoms with Crippen molar-refractivity contribution in [1.82, 2.24) is 5.32 Å². The molecule has 1 aromatic carbocycles. The van der Waals surface area contributed by atoms with Crippen molar-refractivity contribution in [3.63, 3.8) is 0 Å². The van der Waals surface area contributed by atoms with Gasteiger partial charge in [-0.3, -0.25) is 0 Å². The maximum atomic E-state index is 13.3. The second-order valence-electron chi connectivity index (χ2n) is 4.28. The molecular formula is C14H21F2NS. The van der Waals surface area contributed by atoms with E-state index in [2.05, 4.69) is 11.6 Å². The Morgan fingerprint density at radius 1 is 1.06 bits per heavy atom. The molecule has 0 spiro atoms. The highest BCUT2D eigenvalue weighted by Crippen LogP contribution is 2.11. The highest BCUT2D eigenvalue weighted by Gasteiger charge is 2.06.